The lowest BCUT2D eigenvalue weighted by molar-refractivity contribution is -0.196. The van der Waals surface area contributed by atoms with Crippen molar-refractivity contribution in [1.82, 2.24) is 24.8 Å². The minimum atomic E-state index is -3.49. The number of hydrogen-bond acceptors (Lipinski definition) is 12. The number of hydrogen-bond donors (Lipinski definition) is 2. The van der Waals surface area contributed by atoms with Gasteiger partial charge < -0.3 is 30.0 Å². The summed E-state index contributed by atoms with van der Waals surface area (Å²) >= 11 is 0. The van der Waals surface area contributed by atoms with E-state index in [1.54, 1.807) is 10.9 Å². The van der Waals surface area contributed by atoms with Gasteiger partial charge in [-0.25, -0.2) is 23.4 Å². The molecule has 0 saturated carbocycles. The monoisotopic (exact) mass is 510 g/mol. The number of sulfone groups is 1. The predicted octanol–water partition coefficient (Wildman–Crippen LogP) is -0.0755. The molecule has 5 heterocycles. The summed E-state index contributed by atoms with van der Waals surface area (Å²) in [7, 11) is -2.20. The van der Waals surface area contributed by atoms with E-state index in [-0.39, 0.29) is 24.4 Å². The minimum absolute atomic E-state index is 0.101. The average Bonchev–Trinajstić information content (AvgIpc) is 3.48. The van der Waals surface area contributed by atoms with E-state index in [9.17, 15) is 13.2 Å². The highest BCUT2D eigenvalue weighted by Gasteiger charge is 2.56. The molecule has 2 aromatic rings. The maximum Gasteiger partial charge on any atom is 0.322 e. The maximum atomic E-state index is 13.2. The number of methoxy groups -OCH3 is 1. The van der Waals surface area contributed by atoms with Crippen molar-refractivity contribution in [2.75, 3.05) is 25.1 Å². The Morgan fingerprint density at radius 2 is 2.06 bits per heavy atom. The lowest BCUT2D eigenvalue weighted by atomic mass is 10.0. The van der Waals surface area contributed by atoms with Crippen molar-refractivity contribution in [2.45, 2.75) is 74.7 Å². The first-order valence-corrected chi connectivity index (χ1v) is 13.3. The summed E-state index contributed by atoms with van der Waals surface area (Å²) in [6.07, 6.45) is 1.63. The van der Waals surface area contributed by atoms with Gasteiger partial charge in [0.1, 0.15) is 30.1 Å². The molecule has 3 aliphatic rings. The highest BCUT2D eigenvalue weighted by atomic mass is 32.2. The van der Waals surface area contributed by atoms with Gasteiger partial charge in [0.25, 0.3) is 0 Å². The van der Waals surface area contributed by atoms with Crippen LogP contribution in [0.1, 0.15) is 39.3 Å². The molecule has 3 saturated heterocycles. The van der Waals surface area contributed by atoms with Crippen molar-refractivity contribution in [1.29, 1.82) is 0 Å². The fourth-order valence-electron chi connectivity index (χ4n) is 5.15. The van der Waals surface area contributed by atoms with Gasteiger partial charge >= 0.3 is 5.97 Å². The molecule has 0 aliphatic carbocycles. The van der Waals surface area contributed by atoms with E-state index in [1.165, 1.54) is 13.4 Å². The van der Waals surface area contributed by atoms with Crippen molar-refractivity contribution in [2.24, 2.45) is 0 Å². The van der Waals surface area contributed by atoms with Gasteiger partial charge in [-0.1, -0.05) is 0 Å². The number of carbonyl (C=O) groups excluding carboxylic acids is 1. The van der Waals surface area contributed by atoms with E-state index in [0.29, 0.717) is 24.1 Å². The third-order valence-corrected chi connectivity index (χ3v) is 9.07. The molecule has 0 aromatic carbocycles. The Labute approximate surface area is 202 Å². The molecule has 2 aromatic heterocycles. The van der Waals surface area contributed by atoms with E-state index in [2.05, 4.69) is 20.3 Å². The third-order valence-electron chi connectivity index (χ3n) is 6.82. The molecule has 3 aliphatic heterocycles. The van der Waals surface area contributed by atoms with Gasteiger partial charge in [-0.15, -0.1) is 0 Å². The second kappa shape index (κ2) is 8.92. The van der Waals surface area contributed by atoms with Crippen molar-refractivity contribution in [3.8, 4) is 0 Å². The van der Waals surface area contributed by atoms with E-state index < -0.39 is 57.4 Å². The normalized spacial score (nSPS) is 32.5. The number of nitrogens with one attached hydrogen (secondary N) is 1. The van der Waals surface area contributed by atoms with Crippen LogP contribution in [-0.2, 0) is 33.6 Å². The Morgan fingerprint density at radius 1 is 1.29 bits per heavy atom. The van der Waals surface area contributed by atoms with Crippen LogP contribution >= 0.6 is 0 Å². The summed E-state index contributed by atoms with van der Waals surface area (Å²) in [6, 6.07) is -0.624. The molecular weight excluding hydrogens is 480 g/mol. The molecule has 0 spiro atoms. The molecule has 6 atom stereocenters. The Bertz CT molecular complexity index is 1220. The van der Waals surface area contributed by atoms with Crippen LogP contribution in [0.15, 0.2) is 12.7 Å². The largest absolute Gasteiger partial charge is 0.468 e. The second-order valence-corrected chi connectivity index (χ2v) is 11.9. The first kappa shape index (κ1) is 24.3. The van der Waals surface area contributed by atoms with Crippen LogP contribution in [0.3, 0.4) is 0 Å². The number of nitrogens with two attached hydrogens (primary N) is 1. The van der Waals surface area contributed by atoms with Crippen LogP contribution in [0.5, 0.6) is 0 Å². The number of piperidine rings is 1. The average molecular weight is 511 g/mol. The molecule has 3 fully saturated rings. The topological polar surface area (TPSA) is 170 Å². The lowest BCUT2D eigenvalue weighted by Gasteiger charge is -2.29. The van der Waals surface area contributed by atoms with Gasteiger partial charge in [-0.2, -0.15) is 0 Å². The van der Waals surface area contributed by atoms with Crippen LogP contribution in [-0.4, -0.2) is 88.7 Å². The van der Waals surface area contributed by atoms with E-state index in [1.807, 2.05) is 13.8 Å². The first-order valence-electron chi connectivity index (χ1n) is 11.6. The number of nitrogens with zero attached hydrogens (tertiary/aromatic N) is 4. The van der Waals surface area contributed by atoms with Crippen molar-refractivity contribution in [3.05, 3.63) is 12.7 Å². The lowest BCUT2D eigenvalue weighted by Crippen LogP contribution is -2.48. The number of esters is 1. The minimum Gasteiger partial charge on any atom is -0.468 e. The number of fused-ring (bicyclic) bond motifs is 2. The molecule has 3 N–H and O–H groups in total. The van der Waals surface area contributed by atoms with Crippen LogP contribution in [0.2, 0.25) is 0 Å². The summed E-state index contributed by atoms with van der Waals surface area (Å²) < 4.78 is 51.4. The van der Waals surface area contributed by atoms with Gasteiger partial charge in [0, 0.05) is 0 Å². The highest BCUT2D eigenvalue weighted by molar-refractivity contribution is 7.92. The molecule has 0 bridgehead atoms. The maximum absolute atomic E-state index is 13.2. The van der Waals surface area contributed by atoms with Crippen LogP contribution in [0.4, 0.5) is 5.82 Å². The van der Waals surface area contributed by atoms with Gasteiger partial charge in [-0.3, -0.25) is 9.36 Å². The van der Waals surface area contributed by atoms with Crippen molar-refractivity contribution >= 4 is 32.8 Å². The fraction of sp³-hybridized carbons (Fsp3) is 0.714. The van der Waals surface area contributed by atoms with E-state index in [4.69, 9.17) is 24.7 Å². The number of nitrogen functional groups attached to an aromatic ring is 1. The Kier molecular flexibility index (Phi) is 6.20. The third kappa shape index (κ3) is 4.48. The summed E-state index contributed by atoms with van der Waals surface area (Å²) in [5.74, 6) is -1.16. The van der Waals surface area contributed by atoms with E-state index >= 15 is 0 Å². The smallest absolute Gasteiger partial charge is 0.322 e. The van der Waals surface area contributed by atoms with Crippen molar-refractivity contribution in [3.63, 3.8) is 0 Å². The SMILES string of the molecule is COC(=O)C1CC(S(=O)(=O)CC[C@H]2O[C@@H](n3cnc4c(N)ncnc43)[C@H]3OC(C)(C)OC23)CCN1. The van der Waals surface area contributed by atoms with E-state index in [0.717, 1.165) is 0 Å². The number of ether oxygens (including phenoxy) is 4. The number of imidazole rings is 1. The molecular formula is C21H30N6O7S. The molecule has 192 valence electrons. The summed E-state index contributed by atoms with van der Waals surface area (Å²) in [4.78, 5) is 24.5. The second-order valence-electron chi connectivity index (χ2n) is 9.54. The predicted molar refractivity (Wildman–Crippen MR) is 123 cm³/mol. The fourth-order valence-corrected chi connectivity index (χ4v) is 7.01. The summed E-state index contributed by atoms with van der Waals surface area (Å²) in [6.45, 7) is 4.05. The molecule has 35 heavy (non-hydrogen) atoms. The zero-order chi connectivity index (χ0) is 25.0. The first-order chi connectivity index (χ1) is 16.6. The van der Waals surface area contributed by atoms with Crippen LogP contribution in [0.25, 0.3) is 11.2 Å². The number of carbonyl (C=O) groups is 1. The molecule has 13 nitrogen and oxygen atoms in total. The highest BCUT2D eigenvalue weighted by Crippen LogP contribution is 2.44. The molecule has 3 unspecified atom stereocenters. The Morgan fingerprint density at radius 3 is 2.83 bits per heavy atom. The summed E-state index contributed by atoms with van der Waals surface area (Å²) in [5.41, 5.74) is 6.86. The number of rotatable bonds is 6. The zero-order valence-corrected chi connectivity index (χ0v) is 20.6. The Balaban J connectivity index is 1.33. The van der Waals surface area contributed by atoms with Gasteiger partial charge in [0.2, 0.25) is 0 Å². The number of aromatic nitrogens is 4. The van der Waals surface area contributed by atoms with Gasteiger partial charge in [-0.05, 0) is 39.7 Å². The molecule has 0 radical (unpaired) electrons. The Hall–Kier alpha value is -2.39. The standard InChI is InChI=1S/C21H30N6O7S/c1-21(2)33-15-13(5-7-35(29,30)11-4-6-23-12(8-11)20(28)31-3)32-19(16(15)34-21)27-10-26-14-17(22)24-9-25-18(14)27/h9-13,15-16,19,23H,4-8H2,1-3H3,(H2,22,24,25)/t11?,12?,13-,15?,16+,19-/m1/s1. The molecule has 0 amide bonds. The van der Waals surface area contributed by atoms with Gasteiger partial charge in [0.15, 0.2) is 33.3 Å². The quantitative estimate of drug-likeness (QED) is 0.496. The van der Waals surface area contributed by atoms with Crippen LogP contribution < -0.4 is 11.1 Å². The van der Waals surface area contributed by atoms with Crippen molar-refractivity contribution < 1.29 is 32.2 Å². The van der Waals surface area contributed by atoms with Gasteiger partial charge in [0.05, 0.1) is 30.5 Å². The van der Waals surface area contributed by atoms with Crippen LogP contribution in [0, 0.1) is 0 Å². The number of anilines is 1. The molecule has 14 heteroatoms. The summed E-state index contributed by atoms with van der Waals surface area (Å²) in [5, 5.41) is 2.39. The zero-order valence-electron chi connectivity index (χ0n) is 19.8. The molecule has 5 rings (SSSR count).